The van der Waals surface area contributed by atoms with E-state index in [1.807, 2.05) is 52.0 Å². The average Bonchev–Trinajstić information content (AvgIpc) is 2.68. The molecule has 2 saturated heterocycles. The van der Waals surface area contributed by atoms with Crippen LogP contribution in [0.15, 0.2) is 24.3 Å². The molecule has 0 unspecified atom stereocenters. The SMILES string of the molecule is CC(C)[C@@H]1NC(=O)[C@@H](Cc2ccc(C[C@H]3NC(=O)[C@H](C(C)C)NC3=O)cc2)NC1=O. The van der Waals surface area contributed by atoms with Crippen molar-refractivity contribution >= 4 is 23.6 Å². The van der Waals surface area contributed by atoms with Crippen LogP contribution in [0.3, 0.4) is 0 Å². The number of hydrogen-bond donors (Lipinski definition) is 4. The Hall–Kier alpha value is -2.90. The van der Waals surface area contributed by atoms with Crippen molar-refractivity contribution in [2.45, 2.75) is 64.7 Å². The van der Waals surface area contributed by atoms with Gasteiger partial charge in [-0.05, 0) is 23.0 Å². The second-order valence-corrected chi connectivity index (χ2v) is 8.81. The Kier molecular flexibility index (Phi) is 6.43. The monoisotopic (exact) mass is 414 g/mol. The van der Waals surface area contributed by atoms with Gasteiger partial charge in [0.15, 0.2) is 0 Å². The second-order valence-electron chi connectivity index (χ2n) is 8.81. The fourth-order valence-corrected chi connectivity index (χ4v) is 3.80. The molecule has 2 heterocycles. The van der Waals surface area contributed by atoms with E-state index >= 15 is 0 Å². The molecule has 0 spiro atoms. The van der Waals surface area contributed by atoms with Crippen molar-refractivity contribution in [1.82, 2.24) is 21.3 Å². The molecule has 2 fully saturated rings. The summed E-state index contributed by atoms with van der Waals surface area (Å²) in [4.78, 5) is 49.0. The van der Waals surface area contributed by atoms with Crippen LogP contribution in [0.25, 0.3) is 0 Å². The Morgan fingerprint density at radius 3 is 1.23 bits per heavy atom. The van der Waals surface area contributed by atoms with Gasteiger partial charge in [0.05, 0.1) is 0 Å². The van der Waals surface area contributed by atoms with E-state index < -0.39 is 24.2 Å². The molecule has 2 aliphatic heterocycles. The molecule has 2 aliphatic rings. The molecule has 30 heavy (non-hydrogen) atoms. The highest BCUT2D eigenvalue weighted by Crippen LogP contribution is 2.15. The van der Waals surface area contributed by atoms with Crippen LogP contribution in [0, 0.1) is 11.8 Å². The zero-order valence-electron chi connectivity index (χ0n) is 17.8. The molecule has 0 radical (unpaired) electrons. The Morgan fingerprint density at radius 1 is 0.600 bits per heavy atom. The number of hydrogen-bond acceptors (Lipinski definition) is 4. The lowest BCUT2D eigenvalue weighted by atomic mass is 9.95. The summed E-state index contributed by atoms with van der Waals surface area (Å²) >= 11 is 0. The standard InChI is InChI=1S/C22H30N4O4/c1-11(2)17-21(29)23-15(19(27)25-17)9-13-5-7-14(8-6-13)10-16-20(28)26-18(12(3)4)22(30)24-16/h5-8,11-12,15-18H,9-10H2,1-4H3,(H,23,29)(H,24,30)(H,25,27)(H,26,28)/t15-,16-,17+,18+/m1/s1. The molecule has 8 nitrogen and oxygen atoms in total. The maximum Gasteiger partial charge on any atom is 0.243 e. The van der Waals surface area contributed by atoms with Crippen molar-refractivity contribution in [2.24, 2.45) is 11.8 Å². The van der Waals surface area contributed by atoms with E-state index in [9.17, 15) is 19.2 Å². The minimum absolute atomic E-state index is 0.0301. The Labute approximate surface area is 176 Å². The fourth-order valence-electron chi connectivity index (χ4n) is 3.80. The summed E-state index contributed by atoms with van der Waals surface area (Å²) in [7, 11) is 0. The minimum Gasteiger partial charge on any atom is -0.342 e. The second kappa shape index (κ2) is 8.85. The van der Waals surface area contributed by atoms with Gasteiger partial charge in [0.25, 0.3) is 0 Å². The molecule has 162 valence electrons. The first-order valence-electron chi connectivity index (χ1n) is 10.4. The first kappa shape index (κ1) is 21.8. The molecule has 3 rings (SSSR count). The highest BCUT2D eigenvalue weighted by atomic mass is 16.2. The van der Waals surface area contributed by atoms with Gasteiger partial charge in [-0.25, -0.2) is 0 Å². The summed E-state index contributed by atoms with van der Waals surface area (Å²) in [6, 6.07) is 5.31. The third-order valence-corrected chi connectivity index (χ3v) is 5.66. The first-order chi connectivity index (χ1) is 14.2. The molecule has 4 N–H and O–H groups in total. The normalized spacial score (nSPS) is 26.9. The van der Waals surface area contributed by atoms with Crippen molar-refractivity contribution in [3.8, 4) is 0 Å². The van der Waals surface area contributed by atoms with Crippen LogP contribution in [0.1, 0.15) is 38.8 Å². The van der Waals surface area contributed by atoms with Crippen molar-refractivity contribution in [3.63, 3.8) is 0 Å². The van der Waals surface area contributed by atoms with E-state index in [1.54, 1.807) is 0 Å². The van der Waals surface area contributed by atoms with Gasteiger partial charge in [-0.15, -0.1) is 0 Å². The molecule has 0 bridgehead atoms. The Balaban J connectivity index is 1.58. The summed E-state index contributed by atoms with van der Waals surface area (Å²) in [5.41, 5.74) is 1.80. The Morgan fingerprint density at radius 2 is 0.933 bits per heavy atom. The fraction of sp³-hybridized carbons (Fsp3) is 0.545. The predicted molar refractivity (Wildman–Crippen MR) is 111 cm³/mol. The summed E-state index contributed by atoms with van der Waals surface area (Å²) in [5.74, 6) is -0.628. The first-order valence-corrected chi connectivity index (χ1v) is 10.4. The third kappa shape index (κ3) is 4.80. The van der Waals surface area contributed by atoms with Gasteiger partial charge in [0.2, 0.25) is 23.6 Å². The molecule has 0 aromatic heterocycles. The molecular weight excluding hydrogens is 384 g/mol. The summed E-state index contributed by atoms with van der Waals surface area (Å²) < 4.78 is 0. The number of carbonyl (C=O) groups excluding carboxylic acids is 4. The smallest absolute Gasteiger partial charge is 0.243 e. The Bertz CT molecular complexity index is 765. The molecule has 4 atom stereocenters. The number of nitrogens with one attached hydrogen (secondary N) is 4. The molecule has 0 aliphatic carbocycles. The number of amides is 4. The maximum atomic E-state index is 12.3. The highest BCUT2D eigenvalue weighted by Gasteiger charge is 2.36. The van der Waals surface area contributed by atoms with Crippen molar-refractivity contribution in [3.05, 3.63) is 35.4 Å². The third-order valence-electron chi connectivity index (χ3n) is 5.66. The molecule has 1 aromatic carbocycles. The average molecular weight is 415 g/mol. The maximum absolute atomic E-state index is 12.3. The largest absolute Gasteiger partial charge is 0.342 e. The zero-order valence-corrected chi connectivity index (χ0v) is 17.8. The number of rotatable bonds is 6. The van der Waals surface area contributed by atoms with Crippen LogP contribution in [0.5, 0.6) is 0 Å². The summed E-state index contributed by atoms with van der Waals surface area (Å²) in [6.07, 6.45) is 0.777. The van der Waals surface area contributed by atoms with Gasteiger partial charge in [-0.3, -0.25) is 19.2 Å². The molecule has 4 amide bonds. The van der Waals surface area contributed by atoms with E-state index in [0.29, 0.717) is 12.8 Å². The summed E-state index contributed by atoms with van der Waals surface area (Å²) in [5, 5.41) is 11.2. The molecule has 1 aromatic rings. The highest BCUT2D eigenvalue weighted by molar-refractivity contribution is 5.98. The minimum atomic E-state index is -0.602. The van der Waals surface area contributed by atoms with Crippen molar-refractivity contribution in [1.29, 1.82) is 0 Å². The van der Waals surface area contributed by atoms with Gasteiger partial charge < -0.3 is 21.3 Å². The molecule has 0 saturated carbocycles. The van der Waals surface area contributed by atoms with Crippen LogP contribution in [0.2, 0.25) is 0 Å². The topological polar surface area (TPSA) is 116 Å². The molecule has 8 heteroatoms. The van der Waals surface area contributed by atoms with Crippen LogP contribution >= 0.6 is 0 Å². The van der Waals surface area contributed by atoms with Crippen molar-refractivity contribution < 1.29 is 19.2 Å². The quantitative estimate of drug-likeness (QED) is 0.526. The van der Waals surface area contributed by atoms with E-state index in [-0.39, 0.29) is 35.5 Å². The van der Waals surface area contributed by atoms with E-state index in [2.05, 4.69) is 21.3 Å². The van der Waals surface area contributed by atoms with Crippen LogP contribution in [-0.4, -0.2) is 47.8 Å². The molecular formula is C22H30N4O4. The lowest BCUT2D eigenvalue weighted by Crippen LogP contribution is -2.63. The number of piperazine rings is 2. The van der Waals surface area contributed by atoms with Gasteiger partial charge in [-0.1, -0.05) is 52.0 Å². The number of carbonyl (C=O) groups is 4. The van der Waals surface area contributed by atoms with Gasteiger partial charge >= 0.3 is 0 Å². The predicted octanol–water partition coefficient (Wildman–Crippen LogP) is 0.0500. The van der Waals surface area contributed by atoms with E-state index in [1.165, 1.54) is 0 Å². The number of benzene rings is 1. The van der Waals surface area contributed by atoms with Gasteiger partial charge in [0.1, 0.15) is 24.2 Å². The van der Waals surface area contributed by atoms with Crippen molar-refractivity contribution in [2.75, 3.05) is 0 Å². The zero-order chi connectivity index (χ0) is 22.0. The van der Waals surface area contributed by atoms with Gasteiger partial charge in [0, 0.05) is 12.8 Å². The lowest BCUT2D eigenvalue weighted by Gasteiger charge is -2.32. The van der Waals surface area contributed by atoms with Crippen LogP contribution < -0.4 is 21.3 Å². The van der Waals surface area contributed by atoms with Crippen LogP contribution in [0.4, 0.5) is 0 Å². The van der Waals surface area contributed by atoms with E-state index in [4.69, 9.17) is 0 Å². The lowest BCUT2D eigenvalue weighted by molar-refractivity contribution is -0.137. The summed E-state index contributed by atoms with van der Waals surface area (Å²) in [6.45, 7) is 7.56. The van der Waals surface area contributed by atoms with E-state index in [0.717, 1.165) is 11.1 Å². The van der Waals surface area contributed by atoms with Crippen LogP contribution in [-0.2, 0) is 32.0 Å². The van der Waals surface area contributed by atoms with Gasteiger partial charge in [-0.2, -0.15) is 0 Å².